The Labute approximate surface area is 209 Å². The number of halogens is 2. The minimum atomic E-state index is -0.328. The molecule has 1 aromatic heterocycles. The molecule has 0 fully saturated rings. The first-order valence-corrected chi connectivity index (χ1v) is 12.0. The summed E-state index contributed by atoms with van der Waals surface area (Å²) in [6.07, 6.45) is 3.85. The molecule has 5 nitrogen and oxygen atoms in total. The van der Waals surface area contributed by atoms with E-state index in [0.29, 0.717) is 28.8 Å². The first-order valence-electron chi connectivity index (χ1n) is 11.6. The average Bonchev–Trinajstić information content (AvgIpc) is 3.01. The van der Waals surface area contributed by atoms with E-state index in [4.69, 9.17) is 21.6 Å². The van der Waals surface area contributed by atoms with E-state index in [2.05, 4.69) is 27.8 Å². The van der Waals surface area contributed by atoms with Gasteiger partial charge in [0.25, 0.3) is 0 Å². The molecule has 0 saturated heterocycles. The van der Waals surface area contributed by atoms with Crippen LogP contribution in [0.4, 0.5) is 16.0 Å². The van der Waals surface area contributed by atoms with E-state index < -0.39 is 0 Å². The van der Waals surface area contributed by atoms with Gasteiger partial charge in [-0.15, -0.1) is 0 Å². The Hall–Kier alpha value is -3.61. The fourth-order valence-electron chi connectivity index (χ4n) is 4.27. The molecule has 1 aliphatic heterocycles. The van der Waals surface area contributed by atoms with Crippen molar-refractivity contribution in [3.8, 4) is 11.3 Å². The van der Waals surface area contributed by atoms with Crippen LogP contribution in [0, 0.1) is 5.82 Å². The van der Waals surface area contributed by atoms with Gasteiger partial charge in [-0.3, -0.25) is 4.99 Å². The molecule has 0 spiro atoms. The summed E-state index contributed by atoms with van der Waals surface area (Å²) in [5.41, 5.74) is 6.39. The molecular weight excluding hydrogens is 461 g/mol. The number of anilines is 2. The predicted octanol–water partition coefficient (Wildman–Crippen LogP) is 6.18. The normalized spacial score (nSPS) is 12.4. The minimum Gasteiger partial charge on any atom is -0.324 e. The van der Waals surface area contributed by atoms with E-state index >= 15 is 0 Å². The second-order valence-corrected chi connectivity index (χ2v) is 8.87. The number of nitrogens with zero attached hydrogens (tertiary/aromatic N) is 3. The van der Waals surface area contributed by atoms with E-state index in [9.17, 15) is 4.39 Å². The Morgan fingerprint density at radius 3 is 2.71 bits per heavy atom. The quantitative estimate of drug-likeness (QED) is 0.307. The molecule has 3 aromatic carbocycles. The van der Waals surface area contributed by atoms with Gasteiger partial charge in [0.1, 0.15) is 5.82 Å². The van der Waals surface area contributed by atoms with Crippen molar-refractivity contribution in [3.05, 3.63) is 106 Å². The van der Waals surface area contributed by atoms with Crippen LogP contribution in [0.3, 0.4) is 0 Å². The summed E-state index contributed by atoms with van der Waals surface area (Å²) < 4.78 is 14.7. The fraction of sp³-hybridized carbons (Fsp3) is 0.179. The third kappa shape index (κ3) is 5.09. The van der Waals surface area contributed by atoms with E-state index in [-0.39, 0.29) is 5.82 Å². The van der Waals surface area contributed by atoms with Crippen molar-refractivity contribution in [2.75, 3.05) is 18.9 Å². The molecule has 0 unspecified atom stereocenters. The molecule has 2 heterocycles. The van der Waals surface area contributed by atoms with Gasteiger partial charge in [-0.25, -0.2) is 14.4 Å². The topological polar surface area (TPSA) is 62.2 Å². The molecule has 2 N–H and O–H groups in total. The predicted molar refractivity (Wildman–Crippen MR) is 140 cm³/mol. The van der Waals surface area contributed by atoms with Crippen LogP contribution in [-0.2, 0) is 13.0 Å². The van der Waals surface area contributed by atoms with Gasteiger partial charge in [-0.1, -0.05) is 41.9 Å². The highest BCUT2D eigenvalue weighted by Gasteiger charge is 2.23. The molecule has 0 atom stereocenters. The van der Waals surface area contributed by atoms with Crippen LogP contribution >= 0.6 is 11.6 Å². The SMILES string of the molecule is CNCCCc1cccc(Nc2ncc3c(n2)-c2ccc(Cl)cc2C(c2ccccc2F)=NC3)c1. The standard InChI is InChI=1S/C28H25ClFN5/c1-31-13-5-7-18-6-4-8-21(14-18)34-28-33-17-19-16-32-27(23-9-2-3-10-25(23)30)24-15-20(29)11-12-22(24)26(19)35-28/h2-4,6,8-12,14-15,17,31H,5,7,13,16H2,1H3,(H,33,34,35). The molecular formula is C28H25ClFN5. The molecule has 0 radical (unpaired) electrons. The van der Waals surface area contributed by atoms with Gasteiger partial charge in [0, 0.05) is 39.2 Å². The summed E-state index contributed by atoms with van der Waals surface area (Å²) in [4.78, 5) is 14.1. The van der Waals surface area contributed by atoms with Gasteiger partial charge in [-0.05, 0) is 68.4 Å². The van der Waals surface area contributed by atoms with E-state index in [1.54, 1.807) is 24.4 Å². The molecule has 7 heteroatoms. The van der Waals surface area contributed by atoms with Gasteiger partial charge in [-0.2, -0.15) is 0 Å². The first kappa shape index (κ1) is 23.1. The molecule has 4 aromatic rings. The van der Waals surface area contributed by atoms with E-state index in [1.165, 1.54) is 11.6 Å². The maximum atomic E-state index is 14.7. The highest BCUT2D eigenvalue weighted by Crippen LogP contribution is 2.34. The summed E-state index contributed by atoms with van der Waals surface area (Å²) in [6, 6.07) is 20.5. The second kappa shape index (κ2) is 10.3. The lowest BCUT2D eigenvalue weighted by Crippen LogP contribution is -2.08. The second-order valence-electron chi connectivity index (χ2n) is 8.43. The van der Waals surface area contributed by atoms with Crippen LogP contribution in [0.15, 0.2) is 77.9 Å². The largest absolute Gasteiger partial charge is 0.324 e. The zero-order valence-electron chi connectivity index (χ0n) is 19.4. The zero-order chi connectivity index (χ0) is 24.2. The number of aryl methyl sites for hydroxylation is 1. The number of aliphatic imine (C=N–C) groups is 1. The lowest BCUT2D eigenvalue weighted by molar-refractivity contribution is 0.625. The molecule has 1 aliphatic rings. The summed E-state index contributed by atoms with van der Waals surface area (Å²) in [5.74, 6) is 0.164. The number of hydrogen-bond acceptors (Lipinski definition) is 5. The third-order valence-electron chi connectivity index (χ3n) is 5.97. The van der Waals surface area contributed by atoms with Crippen LogP contribution in [0.1, 0.15) is 28.7 Å². The fourth-order valence-corrected chi connectivity index (χ4v) is 4.44. The van der Waals surface area contributed by atoms with Crippen LogP contribution in [0.2, 0.25) is 5.02 Å². The summed E-state index contributed by atoms with van der Waals surface area (Å²) in [5, 5.41) is 7.07. The number of aromatic nitrogens is 2. The number of nitrogens with one attached hydrogen (secondary N) is 2. The van der Waals surface area contributed by atoms with Crippen LogP contribution in [0.5, 0.6) is 0 Å². The van der Waals surface area contributed by atoms with Crippen LogP contribution in [0.25, 0.3) is 11.3 Å². The molecule has 0 aliphatic carbocycles. The number of hydrogen-bond donors (Lipinski definition) is 2. The van der Waals surface area contributed by atoms with E-state index in [0.717, 1.165) is 47.5 Å². The van der Waals surface area contributed by atoms with Gasteiger partial charge in [0.2, 0.25) is 5.95 Å². The Balaban J connectivity index is 1.51. The highest BCUT2D eigenvalue weighted by atomic mass is 35.5. The monoisotopic (exact) mass is 485 g/mol. The molecule has 35 heavy (non-hydrogen) atoms. The first-order chi connectivity index (χ1) is 17.1. The van der Waals surface area contributed by atoms with Crippen molar-refractivity contribution < 1.29 is 4.39 Å². The Bertz CT molecular complexity index is 1400. The average molecular weight is 486 g/mol. The molecule has 176 valence electrons. The van der Waals surface area contributed by atoms with Gasteiger partial charge >= 0.3 is 0 Å². The molecule has 5 rings (SSSR count). The van der Waals surface area contributed by atoms with Gasteiger partial charge < -0.3 is 10.6 Å². The Kier molecular flexibility index (Phi) is 6.84. The smallest absolute Gasteiger partial charge is 0.227 e. The van der Waals surface area contributed by atoms with Crippen molar-refractivity contribution >= 4 is 28.9 Å². The maximum absolute atomic E-state index is 14.7. The van der Waals surface area contributed by atoms with Crippen molar-refractivity contribution in [1.82, 2.24) is 15.3 Å². The summed E-state index contributed by atoms with van der Waals surface area (Å²) in [7, 11) is 1.96. The van der Waals surface area contributed by atoms with Crippen LogP contribution < -0.4 is 10.6 Å². The van der Waals surface area contributed by atoms with Crippen molar-refractivity contribution in [2.45, 2.75) is 19.4 Å². The number of fused-ring (bicyclic) bond motifs is 3. The third-order valence-corrected chi connectivity index (χ3v) is 6.20. The summed E-state index contributed by atoms with van der Waals surface area (Å²) >= 11 is 6.35. The van der Waals surface area contributed by atoms with Crippen molar-refractivity contribution in [2.24, 2.45) is 4.99 Å². The van der Waals surface area contributed by atoms with Crippen molar-refractivity contribution in [3.63, 3.8) is 0 Å². The Morgan fingerprint density at radius 2 is 1.86 bits per heavy atom. The van der Waals surface area contributed by atoms with Gasteiger partial charge in [0.05, 0.1) is 18.0 Å². The van der Waals surface area contributed by atoms with Crippen molar-refractivity contribution in [1.29, 1.82) is 0 Å². The van der Waals surface area contributed by atoms with E-state index in [1.807, 2.05) is 37.4 Å². The maximum Gasteiger partial charge on any atom is 0.227 e. The highest BCUT2D eigenvalue weighted by molar-refractivity contribution is 6.31. The number of benzene rings is 3. The zero-order valence-corrected chi connectivity index (χ0v) is 20.1. The minimum absolute atomic E-state index is 0.328. The molecule has 0 saturated carbocycles. The van der Waals surface area contributed by atoms with Crippen LogP contribution in [-0.4, -0.2) is 29.3 Å². The molecule has 0 amide bonds. The van der Waals surface area contributed by atoms with Gasteiger partial charge in [0.15, 0.2) is 0 Å². The lowest BCUT2D eigenvalue weighted by Gasteiger charge is -2.13. The number of rotatable bonds is 7. The lowest BCUT2D eigenvalue weighted by atomic mass is 9.95. The Morgan fingerprint density at radius 1 is 0.971 bits per heavy atom. The summed E-state index contributed by atoms with van der Waals surface area (Å²) in [6.45, 7) is 1.32. The molecule has 0 bridgehead atoms.